The summed E-state index contributed by atoms with van der Waals surface area (Å²) in [4.78, 5) is 12.3. The van der Waals surface area contributed by atoms with E-state index in [4.69, 9.17) is 37.9 Å². The third-order valence-electron chi connectivity index (χ3n) is 7.25. The zero-order chi connectivity index (χ0) is 31.2. The Morgan fingerprint density at radius 3 is 2.20 bits per heavy atom. The zero-order valence-electron chi connectivity index (χ0n) is 26.2. The van der Waals surface area contributed by atoms with Crippen LogP contribution >= 0.6 is 0 Å². The Hall–Kier alpha value is -3.05. The van der Waals surface area contributed by atoms with Crippen molar-refractivity contribution in [3.05, 3.63) is 90.0 Å². The van der Waals surface area contributed by atoms with Crippen LogP contribution in [0.4, 0.5) is 0 Å². The van der Waals surface area contributed by atoms with Crippen molar-refractivity contribution < 1.29 is 42.7 Å². The Morgan fingerprint density at radius 1 is 0.932 bits per heavy atom. The van der Waals surface area contributed by atoms with E-state index in [1.807, 2.05) is 80.6 Å². The first kappa shape index (κ1) is 33.8. The Morgan fingerprint density at radius 2 is 1.59 bits per heavy atom. The number of benzene rings is 2. The van der Waals surface area contributed by atoms with Crippen molar-refractivity contribution >= 4 is 5.97 Å². The van der Waals surface area contributed by atoms with Crippen LogP contribution in [0.15, 0.2) is 78.9 Å². The summed E-state index contributed by atoms with van der Waals surface area (Å²) in [5, 5.41) is 0. The van der Waals surface area contributed by atoms with Crippen LogP contribution in [0.25, 0.3) is 0 Å². The first-order chi connectivity index (χ1) is 21.4. The minimum Gasteiger partial charge on any atom is -0.497 e. The fourth-order valence-electron chi connectivity index (χ4n) is 5.09. The summed E-state index contributed by atoms with van der Waals surface area (Å²) in [6.45, 7) is 7.49. The Labute approximate surface area is 261 Å². The number of ether oxygens (including phenoxy) is 8. The molecule has 4 rings (SSSR count). The van der Waals surface area contributed by atoms with Crippen molar-refractivity contribution in [2.45, 2.75) is 89.7 Å². The lowest BCUT2D eigenvalue weighted by molar-refractivity contribution is -0.162. The third kappa shape index (κ3) is 10.8. The van der Waals surface area contributed by atoms with Gasteiger partial charge in [0.25, 0.3) is 0 Å². The molecule has 0 amide bonds. The molecule has 2 saturated heterocycles. The molecule has 0 spiro atoms. The van der Waals surface area contributed by atoms with Crippen molar-refractivity contribution in [3.63, 3.8) is 0 Å². The Kier molecular flexibility index (Phi) is 13.4. The van der Waals surface area contributed by atoms with Gasteiger partial charge in [-0.3, -0.25) is 0 Å². The molecule has 0 saturated carbocycles. The molecule has 0 aliphatic carbocycles. The third-order valence-corrected chi connectivity index (χ3v) is 7.25. The summed E-state index contributed by atoms with van der Waals surface area (Å²) in [5.41, 5.74) is 1.97. The molecule has 0 aromatic heterocycles. The van der Waals surface area contributed by atoms with Crippen LogP contribution in [0.3, 0.4) is 0 Å². The second kappa shape index (κ2) is 17.4. The van der Waals surface area contributed by atoms with Crippen LogP contribution in [-0.2, 0) is 51.2 Å². The molecular weight excluding hydrogens is 564 g/mol. The zero-order valence-corrected chi connectivity index (χ0v) is 26.2. The molecule has 5 atom stereocenters. The molecule has 9 nitrogen and oxygen atoms in total. The van der Waals surface area contributed by atoms with Gasteiger partial charge >= 0.3 is 5.97 Å². The molecule has 1 unspecified atom stereocenters. The van der Waals surface area contributed by atoms with E-state index in [1.165, 1.54) is 6.08 Å². The minimum atomic E-state index is -0.927. The van der Waals surface area contributed by atoms with E-state index in [2.05, 4.69) is 0 Å². The molecular formula is C35H46O9. The van der Waals surface area contributed by atoms with Gasteiger partial charge in [-0.05, 0) is 69.4 Å². The van der Waals surface area contributed by atoms with Gasteiger partial charge in [0.15, 0.2) is 12.1 Å². The van der Waals surface area contributed by atoms with Gasteiger partial charge in [-0.1, -0.05) is 54.6 Å². The smallest absolute Gasteiger partial charge is 0.330 e. The van der Waals surface area contributed by atoms with E-state index in [0.29, 0.717) is 13.2 Å². The maximum Gasteiger partial charge on any atom is 0.330 e. The van der Waals surface area contributed by atoms with Gasteiger partial charge in [0, 0.05) is 12.7 Å². The van der Waals surface area contributed by atoms with Gasteiger partial charge < -0.3 is 37.9 Å². The van der Waals surface area contributed by atoms with E-state index >= 15 is 0 Å². The largest absolute Gasteiger partial charge is 0.497 e. The summed E-state index contributed by atoms with van der Waals surface area (Å²) in [5.74, 6) is -0.631. The summed E-state index contributed by atoms with van der Waals surface area (Å²) in [6.07, 6.45) is 7.43. The number of esters is 1. The number of carbonyl (C=O) groups is 1. The predicted octanol–water partition coefficient (Wildman–Crippen LogP) is 5.90. The summed E-state index contributed by atoms with van der Waals surface area (Å²) in [7, 11) is 1.63. The van der Waals surface area contributed by atoms with E-state index in [-0.39, 0.29) is 19.5 Å². The second-order valence-electron chi connectivity index (χ2n) is 11.1. The van der Waals surface area contributed by atoms with Crippen LogP contribution < -0.4 is 4.74 Å². The van der Waals surface area contributed by atoms with Gasteiger partial charge in [0.2, 0.25) is 0 Å². The van der Waals surface area contributed by atoms with Crippen molar-refractivity contribution in [2.75, 3.05) is 26.9 Å². The van der Waals surface area contributed by atoms with Gasteiger partial charge in [0.1, 0.15) is 30.2 Å². The van der Waals surface area contributed by atoms with Gasteiger partial charge in [-0.25, -0.2) is 4.79 Å². The molecule has 9 heteroatoms. The maximum absolute atomic E-state index is 12.3. The highest BCUT2D eigenvalue weighted by Gasteiger charge is 2.48. The molecule has 2 heterocycles. The molecule has 44 heavy (non-hydrogen) atoms. The Bertz CT molecular complexity index is 1170. The average molecular weight is 611 g/mol. The average Bonchev–Trinajstić information content (AvgIpc) is 3.36. The van der Waals surface area contributed by atoms with Crippen molar-refractivity contribution in [1.29, 1.82) is 0 Å². The van der Waals surface area contributed by atoms with Crippen LogP contribution in [0.5, 0.6) is 5.75 Å². The summed E-state index contributed by atoms with van der Waals surface area (Å²) < 4.78 is 47.8. The SMILES string of the molecule is CCOC(=O)/C=C/[C@@H](OCc1ccc(OC)cc1)[C@@H]1OC(C)(C)O[C@@H]1[C@H](/C=C/COC1CCCCO1)OCc1ccccc1. The van der Waals surface area contributed by atoms with Crippen LogP contribution in [0.2, 0.25) is 0 Å². The van der Waals surface area contributed by atoms with Gasteiger partial charge in [-0.2, -0.15) is 0 Å². The Balaban J connectivity index is 1.55. The number of hydrogen-bond acceptors (Lipinski definition) is 9. The minimum absolute atomic E-state index is 0.196. The lowest BCUT2D eigenvalue weighted by Gasteiger charge is -2.29. The van der Waals surface area contributed by atoms with Gasteiger partial charge in [-0.15, -0.1) is 0 Å². The molecule has 0 bridgehead atoms. The van der Waals surface area contributed by atoms with E-state index in [0.717, 1.165) is 42.7 Å². The van der Waals surface area contributed by atoms with Gasteiger partial charge in [0.05, 0.1) is 33.5 Å². The predicted molar refractivity (Wildman–Crippen MR) is 165 cm³/mol. The fraction of sp³-hybridized carbons (Fsp3) is 0.514. The van der Waals surface area contributed by atoms with Crippen LogP contribution in [-0.4, -0.2) is 69.4 Å². The molecule has 2 aliphatic rings. The van der Waals surface area contributed by atoms with Crippen molar-refractivity contribution in [2.24, 2.45) is 0 Å². The molecule has 2 aromatic carbocycles. The summed E-state index contributed by atoms with van der Waals surface area (Å²) in [6, 6.07) is 17.6. The second-order valence-corrected chi connectivity index (χ2v) is 11.1. The van der Waals surface area contributed by atoms with Crippen molar-refractivity contribution in [3.8, 4) is 5.75 Å². The number of hydrogen-bond donors (Lipinski definition) is 0. The van der Waals surface area contributed by atoms with Crippen LogP contribution in [0, 0.1) is 0 Å². The maximum atomic E-state index is 12.3. The molecule has 2 aromatic rings. The summed E-state index contributed by atoms with van der Waals surface area (Å²) >= 11 is 0. The van der Waals surface area contributed by atoms with E-state index in [1.54, 1.807) is 20.1 Å². The molecule has 0 radical (unpaired) electrons. The molecule has 2 aliphatic heterocycles. The molecule has 0 N–H and O–H groups in total. The number of carbonyl (C=O) groups excluding carboxylic acids is 1. The lowest BCUT2D eigenvalue weighted by Crippen LogP contribution is -2.43. The first-order valence-electron chi connectivity index (χ1n) is 15.4. The normalized spacial score (nSPS) is 23.1. The highest BCUT2D eigenvalue weighted by Crippen LogP contribution is 2.35. The molecule has 240 valence electrons. The highest BCUT2D eigenvalue weighted by atomic mass is 16.8. The number of rotatable bonds is 16. The van der Waals surface area contributed by atoms with Crippen molar-refractivity contribution in [1.82, 2.24) is 0 Å². The quantitative estimate of drug-likeness (QED) is 0.131. The highest BCUT2D eigenvalue weighted by molar-refractivity contribution is 5.81. The van der Waals surface area contributed by atoms with E-state index in [9.17, 15) is 4.79 Å². The first-order valence-corrected chi connectivity index (χ1v) is 15.4. The van der Waals surface area contributed by atoms with E-state index < -0.39 is 36.2 Å². The lowest BCUT2D eigenvalue weighted by atomic mass is 10.0. The number of methoxy groups -OCH3 is 1. The fourth-order valence-corrected chi connectivity index (χ4v) is 5.09. The van der Waals surface area contributed by atoms with Crippen LogP contribution in [0.1, 0.15) is 51.2 Å². The molecule has 2 fully saturated rings. The topological polar surface area (TPSA) is 90.9 Å². The monoisotopic (exact) mass is 610 g/mol. The standard InChI is InChI=1S/C35H46O9/c1-5-38-31(36)21-20-30(42-25-27-16-18-28(37-4)19-17-27)34-33(43-35(2,3)44-34)29(41-24-26-12-7-6-8-13-26)14-11-23-40-32-15-9-10-22-39-32/h6-8,11-14,16-21,29-30,32-34H,5,9-10,15,22-25H2,1-4H3/b14-11+,21-20+/t29-,30+,32?,33+,34-/m0/s1.